The summed E-state index contributed by atoms with van der Waals surface area (Å²) in [4.78, 5) is 29.9. The molecule has 1 fully saturated rings. The van der Waals surface area contributed by atoms with Crippen LogP contribution in [0.15, 0.2) is 61.2 Å². The molecule has 5 rings (SSSR count). The normalized spacial score (nSPS) is 14.1. The number of hydrogen-bond donors (Lipinski definition) is 2. The molecule has 1 amide bonds. The highest BCUT2D eigenvalue weighted by molar-refractivity contribution is 6.04. The van der Waals surface area contributed by atoms with Crippen LogP contribution in [0.1, 0.15) is 27.0 Å². The van der Waals surface area contributed by atoms with E-state index in [9.17, 15) is 13.6 Å². The molecule has 11 heteroatoms. The largest absolute Gasteiger partial charge is 0.434 e. The second kappa shape index (κ2) is 12.0. The molecule has 0 bridgehead atoms. The van der Waals surface area contributed by atoms with E-state index in [1.807, 2.05) is 6.07 Å². The van der Waals surface area contributed by atoms with Gasteiger partial charge in [0.25, 0.3) is 5.91 Å². The van der Waals surface area contributed by atoms with Crippen molar-refractivity contribution in [3.63, 3.8) is 0 Å². The van der Waals surface area contributed by atoms with Crippen LogP contribution < -0.4 is 15.8 Å². The molecule has 1 aromatic carbocycles. The zero-order chi connectivity index (χ0) is 28.1. The molecule has 9 nitrogen and oxygen atoms in total. The summed E-state index contributed by atoms with van der Waals surface area (Å²) in [7, 11) is 2.05. The van der Waals surface area contributed by atoms with Crippen LogP contribution in [0.5, 0.6) is 5.75 Å². The van der Waals surface area contributed by atoms with Gasteiger partial charge in [-0.1, -0.05) is 17.9 Å². The van der Waals surface area contributed by atoms with E-state index in [4.69, 9.17) is 10.5 Å². The maximum atomic E-state index is 13.2. The van der Waals surface area contributed by atoms with Crippen LogP contribution in [-0.2, 0) is 6.54 Å². The molecule has 0 saturated carbocycles. The quantitative estimate of drug-likeness (QED) is 0.355. The van der Waals surface area contributed by atoms with Crippen molar-refractivity contribution in [1.29, 1.82) is 0 Å². The second-order valence-corrected chi connectivity index (χ2v) is 9.40. The van der Waals surface area contributed by atoms with Crippen molar-refractivity contribution in [2.75, 3.05) is 44.3 Å². The van der Waals surface area contributed by atoms with Crippen molar-refractivity contribution in [1.82, 2.24) is 24.8 Å². The maximum absolute atomic E-state index is 13.2. The number of likely N-dealkylation sites (N-methyl/N-ethyl adjacent to an activating group) is 1. The predicted molar refractivity (Wildman–Crippen MR) is 148 cm³/mol. The van der Waals surface area contributed by atoms with Gasteiger partial charge in [0, 0.05) is 85.8 Å². The van der Waals surface area contributed by atoms with Gasteiger partial charge in [-0.05, 0) is 31.3 Å². The van der Waals surface area contributed by atoms with Gasteiger partial charge in [-0.25, -0.2) is 4.98 Å². The Bertz CT molecular complexity index is 1590. The van der Waals surface area contributed by atoms with E-state index in [0.29, 0.717) is 40.3 Å². The number of carbonyl (C=O) groups excluding carboxylic acids is 1. The lowest BCUT2D eigenvalue weighted by Gasteiger charge is -2.32. The number of hydrogen-bond acceptors (Lipinski definition) is 8. The maximum Gasteiger partial charge on any atom is 0.387 e. The molecular weight excluding hydrogens is 516 g/mol. The predicted octanol–water partition coefficient (Wildman–Crippen LogP) is 3.61. The molecule has 4 aromatic rings. The van der Waals surface area contributed by atoms with E-state index in [-0.39, 0.29) is 11.3 Å². The Morgan fingerprint density at radius 3 is 2.73 bits per heavy atom. The molecule has 40 heavy (non-hydrogen) atoms. The highest BCUT2D eigenvalue weighted by atomic mass is 19.3. The number of alkyl halides is 2. The van der Waals surface area contributed by atoms with Crippen LogP contribution in [0, 0.1) is 11.8 Å². The van der Waals surface area contributed by atoms with Gasteiger partial charge in [0.15, 0.2) is 0 Å². The Morgan fingerprint density at radius 1 is 1.10 bits per heavy atom. The first-order valence-electron chi connectivity index (χ1n) is 12.6. The summed E-state index contributed by atoms with van der Waals surface area (Å²) in [6.07, 6.45) is 6.15. The molecule has 1 saturated heterocycles. The number of nitrogens with zero attached hydrogens (tertiary/aromatic N) is 5. The number of piperazine rings is 1. The number of benzene rings is 1. The van der Waals surface area contributed by atoms with Gasteiger partial charge in [-0.3, -0.25) is 19.7 Å². The van der Waals surface area contributed by atoms with E-state index in [2.05, 4.69) is 49.0 Å². The second-order valence-electron chi connectivity index (χ2n) is 9.40. The van der Waals surface area contributed by atoms with E-state index in [1.165, 1.54) is 18.5 Å². The summed E-state index contributed by atoms with van der Waals surface area (Å²) in [5.41, 5.74) is 8.82. The lowest BCUT2D eigenvalue weighted by molar-refractivity contribution is -0.0508. The molecule has 3 N–H and O–H groups in total. The summed E-state index contributed by atoms with van der Waals surface area (Å²) in [6, 6.07) is 10.0. The van der Waals surface area contributed by atoms with Crippen molar-refractivity contribution in [3.05, 3.63) is 83.4 Å². The topological polar surface area (TPSA) is 110 Å². The van der Waals surface area contributed by atoms with Gasteiger partial charge in [-0.2, -0.15) is 8.78 Å². The van der Waals surface area contributed by atoms with Crippen LogP contribution in [0.2, 0.25) is 0 Å². The van der Waals surface area contributed by atoms with Gasteiger partial charge < -0.3 is 20.7 Å². The summed E-state index contributed by atoms with van der Waals surface area (Å²) in [6.45, 7) is 0.960. The monoisotopic (exact) mass is 543 g/mol. The SMILES string of the molecule is CN1CCN(Cc2ccc(NC(=O)c3cncc(C#Cc4cnc(N)c5ncccc45)c3)cc2OC(F)F)CC1. The number of aromatic nitrogens is 3. The molecule has 0 radical (unpaired) electrons. The molecule has 0 unspecified atom stereocenters. The minimum atomic E-state index is -2.99. The zero-order valence-electron chi connectivity index (χ0n) is 21.8. The van der Waals surface area contributed by atoms with Crippen molar-refractivity contribution in [3.8, 4) is 17.6 Å². The first kappa shape index (κ1) is 26.9. The van der Waals surface area contributed by atoms with Gasteiger partial charge in [0.2, 0.25) is 0 Å². The Hall–Kier alpha value is -4.66. The van der Waals surface area contributed by atoms with Crippen molar-refractivity contribution in [2.45, 2.75) is 13.2 Å². The number of nitrogens with two attached hydrogens (primary N) is 1. The molecular formula is C29H27F2N7O2. The Balaban J connectivity index is 1.32. The zero-order valence-corrected chi connectivity index (χ0v) is 21.8. The van der Waals surface area contributed by atoms with E-state index in [0.717, 1.165) is 31.6 Å². The van der Waals surface area contributed by atoms with Gasteiger partial charge in [0.05, 0.1) is 11.1 Å². The number of pyridine rings is 3. The summed E-state index contributed by atoms with van der Waals surface area (Å²) in [5, 5.41) is 3.50. The van der Waals surface area contributed by atoms with Crippen molar-refractivity contribution < 1.29 is 18.3 Å². The van der Waals surface area contributed by atoms with Crippen molar-refractivity contribution in [2.24, 2.45) is 0 Å². The van der Waals surface area contributed by atoms with Crippen LogP contribution >= 0.6 is 0 Å². The molecule has 1 aliphatic rings. The van der Waals surface area contributed by atoms with Gasteiger partial charge in [-0.15, -0.1) is 0 Å². The fourth-order valence-corrected chi connectivity index (χ4v) is 4.38. The molecule has 204 valence electrons. The lowest BCUT2D eigenvalue weighted by atomic mass is 10.1. The molecule has 0 aliphatic carbocycles. The number of ether oxygens (including phenoxy) is 1. The van der Waals surface area contributed by atoms with Gasteiger partial charge >= 0.3 is 6.61 Å². The Kier molecular flexibility index (Phi) is 8.10. The fourth-order valence-electron chi connectivity index (χ4n) is 4.38. The highest BCUT2D eigenvalue weighted by Gasteiger charge is 2.18. The third kappa shape index (κ3) is 6.48. The number of nitrogens with one attached hydrogen (secondary N) is 1. The van der Waals surface area contributed by atoms with Gasteiger partial charge in [0.1, 0.15) is 17.1 Å². The molecule has 1 aliphatic heterocycles. The Labute approximate surface area is 230 Å². The number of rotatable bonds is 6. The number of carbonyl (C=O) groups is 1. The smallest absolute Gasteiger partial charge is 0.387 e. The minimum absolute atomic E-state index is 0.0308. The van der Waals surface area contributed by atoms with E-state index in [1.54, 1.807) is 36.7 Å². The first-order valence-corrected chi connectivity index (χ1v) is 12.6. The lowest BCUT2D eigenvalue weighted by Crippen LogP contribution is -2.43. The van der Waals surface area contributed by atoms with Crippen molar-refractivity contribution >= 4 is 28.3 Å². The highest BCUT2D eigenvalue weighted by Crippen LogP contribution is 2.27. The third-order valence-electron chi connectivity index (χ3n) is 6.55. The minimum Gasteiger partial charge on any atom is -0.434 e. The van der Waals surface area contributed by atoms with E-state index >= 15 is 0 Å². The number of fused-ring (bicyclic) bond motifs is 1. The summed E-state index contributed by atoms with van der Waals surface area (Å²) < 4.78 is 31.1. The van der Waals surface area contributed by atoms with Crippen LogP contribution in [-0.4, -0.2) is 70.5 Å². The average molecular weight is 544 g/mol. The Morgan fingerprint density at radius 2 is 1.93 bits per heavy atom. The summed E-state index contributed by atoms with van der Waals surface area (Å²) in [5.74, 6) is 5.92. The van der Waals surface area contributed by atoms with Crippen LogP contribution in [0.4, 0.5) is 20.3 Å². The molecule has 3 aromatic heterocycles. The molecule has 0 atom stereocenters. The summed E-state index contributed by atoms with van der Waals surface area (Å²) >= 11 is 0. The number of halogens is 2. The third-order valence-corrected chi connectivity index (χ3v) is 6.55. The fraction of sp³-hybridized carbons (Fsp3) is 0.241. The number of amides is 1. The van der Waals surface area contributed by atoms with Crippen LogP contribution in [0.25, 0.3) is 10.9 Å². The number of anilines is 2. The van der Waals surface area contributed by atoms with Crippen LogP contribution in [0.3, 0.4) is 0 Å². The standard InChI is InChI=1S/C29H27F2N7O2/c1-37-9-11-38(12-10-37)18-21-6-7-23(14-25(21)40-29(30)31)36-28(39)22-13-19(15-33-16-22)4-5-20-17-35-27(32)26-24(20)3-2-8-34-26/h2-3,6-8,13-17,29H,9-12,18H2,1H3,(H2,32,35)(H,36,39). The molecule has 0 spiro atoms. The number of nitrogen functional groups attached to an aromatic ring is 1. The average Bonchev–Trinajstić information content (AvgIpc) is 2.95. The first-order chi connectivity index (χ1) is 19.4. The molecule has 4 heterocycles. The van der Waals surface area contributed by atoms with E-state index < -0.39 is 12.5 Å².